The third-order valence-corrected chi connectivity index (χ3v) is 2.82. The largest absolute Gasteiger partial charge is 0.482 e. The van der Waals surface area contributed by atoms with Crippen LogP contribution in [0.3, 0.4) is 0 Å². The molecule has 0 unspecified atom stereocenters. The fourth-order valence-corrected chi connectivity index (χ4v) is 1.52. The highest BCUT2D eigenvalue weighted by molar-refractivity contribution is 6.56. The van der Waals surface area contributed by atoms with E-state index < -0.39 is 16.5 Å². The summed E-state index contributed by atoms with van der Waals surface area (Å²) in [7, 11) is 0. The van der Waals surface area contributed by atoms with Gasteiger partial charge in [0.15, 0.2) is 6.61 Å². The van der Waals surface area contributed by atoms with Crippen LogP contribution in [0, 0.1) is 0 Å². The van der Waals surface area contributed by atoms with Crippen LogP contribution in [0.25, 0.3) is 0 Å². The van der Waals surface area contributed by atoms with Gasteiger partial charge in [0.25, 0.3) is 0 Å². The van der Waals surface area contributed by atoms with Gasteiger partial charge >= 0.3 is 16.5 Å². The molecule has 6 nitrogen and oxygen atoms in total. The minimum Gasteiger partial charge on any atom is -0.482 e. The van der Waals surface area contributed by atoms with Gasteiger partial charge in [-0.3, -0.25) is 0 Å². The second kappa shape index (κ2) is 9.64. The summed E-state index contributed by atoms with van der Waals surface area (Å²) in [6, 6.07) is 17.1. The summed E-state index contributed by atoms with van der Waals surface area (Å²) in [5.74, 6) is -1.53. The van der Waals surface area contributed by atoms with Crippen molar-refractivity contribution in [1.82, 2.24) is 0 Å². The van der Waals surface area contributed by atoms with Crippen LogP contribution in [0.15, 0.2) is 60.7 Å². The molecule has 2 aromatic carbocycles. The molecular weight excluding hydrogens is 359 g/mol. The third kappa shape index (κ3) is 7.71. The highest BCUT2D eigenvalue weighted by Crippen LogP contribution is 2.25. The van der Waals surface area contributed by atoms with Crippen molar-refractivity contribution in [2.24, 2.45) is 0 Å². The van der Waals surface area contributed by atoms with Gasteiger partial charge in [-0.1, -0.05) is 36.4 Å². The zero-order valence-electron chi connectivity index (χ0n) is 12.3. The average Bonchev–Trinajstić information content (AvgIpc) is 2.55. The fraction of sp³-hybridized carbons (Fsp3) is 0.125. The first-order chi connectivity index (χ1) is 11.3. The molecule has 24 heavy (non-hydrogen) atoms. The lowest BCUT2D eigenvalue weighted by Gasteiger charge is -2.15. The van der Waals surface area contributed by atoms with E-state index in [4.69, 9.17) is 42.9 Å². The first-order valence-corrected chi connectivity index (χ1v) is 7.32. The lowest BCUT2D eigenvalue weighted by molar-refractivity contribution is -0.143. The molecule has 0 saturated heterocycles. The number of hydrogen-bond acceptors (Lipinski definition) is 4. The van der Waals surface area contributed by atoms with Crippen LogP contribution >= 0.6 is 23.2 Å². The van der Waals surface area contributed by atoms with Crippen molar-refractivity contribution in [2.75, 3.05) is 6.61 Å². The van der Waals surface area contributed by atoms with Gasteiger partial charge in [0, 0.05) is 0 Å². The molecule has 0 atom stereocenters. The molecule has 0 heterocycles. The summed E-state index contributed by atoms with van der Waals surface area (Å²) in [6.45, 7) is -0.288. The zero-order chi connectivity index (χ0) is 18.0. The minimum atomic E-state index is -2.23. The number of halogens is 2. The van der Waals surface area contributed by atoms with Crippen LogP contribution in [0.4, 0.5) is 0 Å². The number of hydrogen-bond donors (Lipinski definition) is 2. The third-order valence-electron chi connectivity index (χ3n) is 2.34. The highest BCUT2D eigenvalue weighted by atomic mass is 35.5. The number of aliphatic carboxylic acids is 2. The molecule has 0 bridgehead atoms. The Balaban J connectivity index is 0.000000243. The highest BCUT2D eigenvalue weighted by Gasteiger charge is 2.36. The van der Waals surface area contributed by atoms with Crippen molar-refractivity contribution in [1.29, 1.82) is 0 Å². The lowest BCUT2D eigenvalue weighted by atomic mass is 10.3. The number of rotatable bonds is 6. The standard InChI is InChI=1S/C8H6Cl2O3.C8H8O3/c9-8(10,7(11)12)13-6-4-2-1-3-5-6;9-8(10)6-11-7-4-2-1-3-5-7/h1-5H,(H,11,12);1-5H,6H2,(H,9,10). The van der Waals surface area contributed by atoms with E-state index in [-0.39, 0.29) is 6.61 Å². The Kier molecular flexibility index (Phi) is 7.88. The number of carbonyl (C=O) groups is 2. The summed E-state index contributed by atoms with van der Waals surface area (Å²) in [5.41, 5.74) is 0. The topological polar surface area (TPSA) is 93.1 Å². The summed E-state index contributed by atoms with van der Waals surface area (Å²) in [6.07, 6.45) is 0. The molecule has 128 valence electrons. The molecule has 0 radical (unpaired) electrons. The number of carboxylic acids is 2. The smallest absolute Gasteiger partial charge is 0.381 e. The van der Waals surface area contributed by atoms with Crippen LogP contribution in [0.2, 0.25) is 0 Å². The Morgan fingerprint density at radius 1 is 0.875 bits per heavy atom. The summed E-state index contributed by atoms with van der Waals surface area (Å²) < 4.78 is 7.43. The summed E-state index contributed by atoms with van der Waals surface area (Å²) >= 11 is 10.7. The second-order valence-electron chi connectivity index (χ2n) is 4.23. The molecule has 0 aliphatic heterocycles. The zero-order valence-corrected chi connectivity index (χ0v) is 13.8. The van der Waals surface area contributed by atoms with Crippen LogP contribution in [-0.2, 0) is 9.59 Å². The molecule has 2 aromatic rings. The van der Waals surface area contributed by atoms with Crippen molar-refractivity contribution >= 4 is 35.1 Å². The summed E-state index contributed by atoms with van der Waals surface area (Å²) in [4.78, 5) is 20.5. The van der Waals surface area contributed by atoms with Gasteiger partial charge in [-0.2, -0.15) is 0 Å². The number of para-hydroxylation sites is 2. The Hall–Kier alpha value is -2.44. The Morgan fingerprint density at radius 3 is 1.75 bits per heavy atom. The molecule has 0 aromatic heterocycles. The molecule has 8 heteroatoms. The van der Waals surface area contributed by atoms with E-state index in [9.17, 15) is 9.59 Å². The SMILES string of the molecule is O=C(O)C(Cl)(Cl)Oc1ccccc1.O=C(O)COc1ccccc1. The molecule has 0 spiro atoms. The van der Waals surface area contributed by atoms with Crippen LogP contribution < -0.4 is 9.47 Å². The summed E-state index contributed by atoms with van der Waals surface area (Å²) in [5, 5.41) is 16.8. The van der Waals surface area contributed by atoms with E-state index in [1.165, 1.54) is 0 Å². The Labute approximate surface area is 148 Å². The molecule has 2 N–H and O–H groups in total. The van der Waals surface area contributed by atoms with Crippen molar-refractivity contribution in [3.05, 3.63) is 60.7 Å². The van der Waals surface area contributed by atoms with E-state index in [0.29, 0.717) is 11.5 Å². The van der Waals surface area contributed by atoms with E-state index in [1.807, 2.05) is 6.07 Å². The minimum absolute atomic E-state index is 0.288. The van der Waals surface area contributed by atoms with Crippen LogP contribution in [-0.4, -0.2) is 33.3 Å². The monoisotopic (exact) mass is 372 g/mol. The predicted octanol–water partition coefficient (Wildman–Crippen LogP) is 3.43. The Morgan fingerprint density at radius 2 is 1.33 bits per heavy atom. The van der Waals surface area contributed by atoms with Crippen molar-refractivity contribution in [3.8, 4) is 11.5 Å². The Bertz CT molecular complexity index is 646. The molecule has 0 saturated carbocycles. The second-order valence-corrected chi connectivity index (χ2v) is 5.49. The average molecular weight is 373 g/mol. The van der Waals surface area contributed by atoms with Crippen molar-refractivity contribution < 1.29 is 29.3 Å². The van der Waals surface area contributed by atoms with E-state index >= 15 is 0 Å². The number of carboxylic acid groups (broad SMARTS) is 2. The maximum absolute atomic E-state index is 10.4. The number of alkyl halides is 2. The van der Waals surface area contributed by atoms with Crippen LogP contribution in [0.5, 0.6) is 11.5 Å². The van der Waals surface area contributed by atoms with Gasteiger partial charge in [-0.15, -0.1) is 0 Å². The lowest BCUT2D eigenvalue weighted by Crippen LogP contribution is -2.32. The molecule has 2 rings (SSSR count). The maximum atomic E-state index is 10.4. The molecular formula is C16H14Cl2O6. The molecule has 0 fully saturated rings. The van der Waals surface area contributed by atoms with E-state index in [2.05, 4.69) is 0 Å². The molecule has 0 aliphatic carbocycles. The first kappa shape index (κ1) is 19.6. The van der Waals surface area contributed by atoms with Gasteiger partial charge in [-0.05, 0) is 47.5 Å². The van der Waals surface area contributed by atoms with E-state index in [1.54, 1.807) is 54.6 Å². The predicted molar refractivity (Wildman–Crippen MR) is 88.7 cm³/mol. The fourth-order valence-electron chi connectivity index (χ4n) is 1.34. The van der Waals surface area contributed by atoms with Crippen molar-refractivity contribution in [2.45, 2.75) is 4.52 Å². The van der Waals surface area contributed by atoms with Gasteiger partial charge in [0.1, 0.15) is 11.5 Å². The van der Waals surface area contributed by atoms with Crippen LogP contribution in [0.1, 0.15) is 0 Å². The van der Waals surface area contributed by atoms with Gasteiger partial charge in [-0.25, -0.2) is 9.59 Å². The van der Waals surface area contributed by atoms with Gasteiger partial charge in [0.2, 0.25) is 0 Å². The van der Waals surface area contributed by atoms with E-state index in [0.717, 1.165) is 0 Å². The van der Waals surface area contributed by atoms with Gasteiger partial charge < -0.3 is 19.7 Å². The molecule has 0 aliphatic rings. The molecule has 0 amide bonds. The normalized spacial score (nSPS) is 10.1. The number of ether oxygens (including phenoxy) is 2. The van der Waals surface area contributed by atoms with Gasteiger partial charge in [0.05, 0.1) is 0 Å². The first-order valence-electron chi connectivity index (χ1n) is 6.56. The number of benzene rings is 2. The quantitative estimate of drug-likeness (QED) is 0.754. The van der Waals surface area contributed by atoms with Crippen molar-refractivity contribution in [3.63, 3.8) is 0 Å². The maximum Gasteiger partial charge on any atom is 0.381 e.